The van der Waals surface area contributed by atoms with Crippen LogP contribution in [0.3, 0.4) is 0 Å². The monoisotopic (exact) mass is 448 g/mol. The fourth-order valence-corrected chi connectivity index (χ4v) is 5.15. The van der Waals surface area contributed by atoms with Crippen LogP contribution in [-0.2, 0) is 6.54 Å². The van der Waals surface area contributed by atoms with Gasteiger partial charge < -0.3 is 9.30 Å². The highest BCUT2D eigenvalue weighted by Crippen LogP contribution is 2.41. The lowest BCUT2D eigenvalue weighted by Gasteiger charge is -2.23. The SMILES string of the molecule is CCN(Cc1ccccc1)c1nc(C)nc2c(C3=C(C)CC=C(C)C=C3C)c3ccccn3c12. The van der Waals surface area contributed by atoms with Gasteiger partial charge in [-0.3, -0.25) is 0 Å². The Hall–Kier alpha value is -3.66. The molecule has 0 N–H and O–H groups in total. The lowest BCUT2D eigenvalue weighted by molar-refractivity contribution is 0.809. The van der Waals surface area contributed by atoms with Gasteiger partial charge in [-0.05, 0) is 69.9 Å². The first kappa shape index (κ1) is 22.1. The molecule has 0 atom stereocenters. The molecule has 172 valence electrons. The highest BCUT2D eigenvalue weighted by Gasteiger charge is 2.25. The first-order chi connectivity index (χ1) is 16.5. The Bertz CT molecular complexity index is 1470. The summed E-state index contributed by atoms with van der Waals surface area (Å²) in [5, 5.41) is 0. The number of rotatable bonds is 5. The second-order valence-corrected chi connectivity index (χ2v) is 9.26. The number of anilines is 1. The molecule has 3 heterocycles. The number of fused-ring (bicyclic) bond motifs is 3. The van der Waals surface area contributed by atoms with Crippen molar-refractivity contribution in [3.8, 4) is 0 Å². The Morgan fingerprint density at radius 1 is 0.941 bits per heavy atom. The summed E-state index contributed by atoms with van der Waals surface area (Å²) in [5.74, 6) is 1.79. The van der Waals surface area contributed by atoms with Crippen LogP contribution in [0.25, 0.3) is 22.1 Å². The largest absolute Gasteiger partial charge is 0.351 e. The van der Waals surface area contributed by atoms with Crippen LogP contribution in [0.15, 0.2) is 83.6 Å². The van der Waals surface area contributed by atoms with Gasteiger partial charge in [-0.2, -0.15) is 0 Å². The van der Waals surface area contributed by atoms with Gasteiger partial charge in [-0.25, -0.2) is 9.97 Å². The third-order valence-electron chi connectivity index (χ3n) is 6.71. The van der Waals surface area contributed by atoms with E-state index in [2.05, 4.69) is 104 Å². The van der Waals surface area contributed by atoms with Crippen LogP contribution in [0.5, 0.6) is 0 Å². The van der Waals surface area contributed by atoms with Crippen LogP contribution in [0.1, 0.15) is 51.1 Å². The molecule has 1 aromatic carbocycles. The van der Waals surface area contributed by atoms with Crippen molar-refractivity contribution in [3.63, 3.8) is 0 Å². The van der Waals surface area contributed by atoms with Gasteiger partial charge in [0.15, 0.2) is 5.82 Å². The molecule has 3 aromatic heterocycles. The number of nitrogens with zero attached hydrogens (tertiary/aromatic N) is 4. The molecular formula is C30H32N4. The molecule has 5 rings (SSSR count). The van der Waals surface area contributed by atoms with Crippen molar-refractivity contribution in [1.82, 2.24) is 14.4 Å². The highest BCUT2D eigenvalue weighted by atomic mass is 15.2. The zero-order chi connectivity index (χ0) is 23.8. The van der Waals surface area contributed by atoms with E-state index in [9.17, 15) is 0 Å². The maximum absolute atomic E-state index is 5.05. The van der Waals surface area contributed by atoms with E-state index < -0.39 is 0 Å². The fourth-order valence-electron chi connectivity index (χ4n) is 5.15. The van der Waals surface area contributed by atoms with Crippen molar-refractivity contribution < 1.29 is 0 Å². The minimum Gasteiger partial charge on any atom is -0.351 e. The number of allylic oxidation sites excluding steroid dienone is 6. The van der Waals surface area contributed by atoms with Crippen LogP contribution in [0.4, 0.5) is 5.82 Å². The van der Waals surface area contributed by atoms with Gasteiger partial charge in [0.25, 0.3) is 0 Å². The Kier molecular flexibility index (Phi) is 5.82. The molecule has 0 fully saturated rings. The lowest BCUT2D eigenvalue weighted by Crippen LogP contribution is -2.24. The topological polar surface area (TPSA) is 33.4 Å². The molecular weight excluding hydrogens is 416 g/mol. The minimum atomic E-state index is 0.800. The van der Waals surface area contributed by atoms with E-state index in [4.69, 9.17) is 9.97 Å². The standard InChI is InChI=1S/C30H32N4/c1-6-33(19-24-12-8-7-9-13-24)30-29-28(31-23(5)32-30)27(25-14-10-11-17-34(25)29)26-21(3)16-15-20(2)18-22(26)4/h7-15,17-18H,6,16,19H2,1-5H3. The zero-order valence-corrected chi connectivity index (χ0v) is 20.8. The molecule has 1 aliphatic rings. The van der Waals surface area contributed by atoms with Gasteiger partial charge in [0, 0.05) is 24.8 Å². The molecule has 0 radical (unpaired) electrons. The highest BCUT2D eigenvalue weighted by molar-refractivity contribution is 6.07. The fraction of sp³-hybridized carbons (Fsp3) is 0.267. The van der Waals surface area contributed by atoms with Crippen LogP contribution < -0.4 is 4.90 Å². The lowest BCUT2D eigenvalue weighted by atomic mass is 9.93. The Morgan fingerprint density at radius 3 is 2.47 bits per heavy atom. The minimum absolute atomic E-state index is 0.800. The average Bonchev–Trinajstić information content (AvgIpc) is 3.08. The molecule has 0 amide bonds. The second kappa shape index (κ2) is 8.94. The van der Waals surface area contributed by atoms with E-state index in [1.807, 2.05) is 6.92 Å². The summed E-state index contributed by atoms with van der Waals surface area (Å²) in [6.07, 6.45) is 7.71. The molecule has 0 bridgehead atoms. The maximum Gasteiger partial charge on any atom is 0.157 e. The third-order valence-corrected chi connectivity index (χ3v) is 6.71. The van der Waals surface area contributed by atoms with Gasteiger partial charge in [-0.15, -0.1) is 0 Å². The Balaban J connectivity index is 1.81. The van der Waals surface area contributed by atoms with E-state index >= 15 is 0 Å². The van der Waals surface area contributed by atoms with Gasteiger partial charge in [0.2, 0.25) is 0 Å². The van der Waals surface area contributed by atoms with Gasteiger partial charge in [0.05, 0.1) is 5.52 Å². The van der Waals surface area contributed by atoms with Crippen molar-refractivity contribution >= 4 is 27.9 Å². The maximum atomic E-state index is 5.05. The van der Waals surface area contributed by atoms with E-state index in [0.29, 0.717) is 0 Å². The number of hydrogen-bond acceptors (Lipinski definition) is 3. The molecule has 4 aromatic rings. The van der Waals surface area contributed by atoms with Crippen LogP contribution in [0.2, 0.25) is 0 Å². The smallest absolute Gasteiger partial charge is 0.157 e. The average molecular weight is 449 g/mol. The van der Waals surface area contributed by atoms with Crippen molar-refractivity contribution in [2.75, 3.05) is 11.4 Å². The summed E-state index contributed by atoms with van der Waals surface area (Å²) in [6.45, 7) is 12.5. The third kappa shape index (κ3) is 3.83. The summed E-state index contributed by atoms with van der Waals surface area (Å²) in [5.41, 5.74) is 11.1. The zero-order valence-electron chi connectivity index (χ0n) is 20.8. The first-order valence-electron chi connectivity index (χ1n) is 12.1. The van der Waals surface area contributed by atoms with Gasteiger partial charge in [0.1, 0.15) is 16.9 Å². The van der Waals surface area contributed by atoms with Crippen molar-refractivity contribution in [3.05, 3.63) is 101 Å². The van der Waals surface area contributed by atoms with Crippen molar-refractivity contribution in [1.29, 1.82) is 0 Å². The summed E-state index contributed by atoms with van der Waals surface area (Å²) in [6, 6.07) is 17.0. The predicted octanol–water partition coefficient (Wildman–Crippen LogP) is 7.29. The van der Waals surface area contributed by atoms with E-state index in [0.717, 1.165) is 42.2 Å². The molecule has 0 saturated heterocycles. The molecule has 0 saturated carbocycles. The molecule has 4 nitrogen and oxygen atoms in total. The molecule has 34 heavy (non-hydrogen) atoms. The molecule has 0 spiro atoms. The molecule has 0 unspecified atom stereocenters. The quantitative estimate of drug-likeness (QED) is 0.321. The normalized spacial score (nSPS) is 14.4. The number of pyridine rings is 1. The van der Waals surface area contributed by atoms with E-state index in [1.165, 1.54) is 38.9 Å². The van der Waals surface area contributed by atoms with E-state index in [-0.39, 0.29) is 0 Å². The molecule has 4 heteroatoms. The predicted molar refractivity (Wildman–Crippen MR) is 143 cm³/mol. The Morgan fingerprint density at radius 2 is 1.71 bits per heavy atom. The number of benzene rings is 1. The van der Waals surface area contributed by atoms with Crippen LogP contribution in [0, 0.1) is 6.92 Å². The van der Waals surface area contributed by atoms with Crippen LogP contribution in [-0.4, -0.2) is 20.9 Å². The summed E-state index contributed by atoms with van der Waals surface area (Å²) >= 11 is 0. The van der Waals surface area contributed by atoms with Crippen molar-refractivity contribution in [2.24, 2.45) is 0 Å². The summed E-state index contributed by atoms with van der Waals surface area (Å²) in [7, 11) is 0. The van der Waals surface area contributed by atoms with E-state index in [1.54, 1.807) is 0 Å². The first-order valence-corrected chi connectivity index (χ1v) is 12.1. The van der Waals surface area contributed by atoms with Gasteiger partial charge in [-0.1, -0.05) is 59.7 Å². The second-order valence-electron chi connectivity index (χ2n) is 9.26. The molecule has 1 aliphatic carbocycles. The summed E-state index contributed by atoms with van der Waals surface area (Å²) < 4.78 is 2.28. The van der Waals surface area contributed by atoms with Crippen molar-refractivity contribution in [2.45, 2.75) is 47.6 Å². The molecule has 0 aliphatic heterocycles. The summed E-state index contributed by atoms with van der Waals surface area (Å²) in [4.78, 5) is 12.4. The number of aromatic nitrogens is 3. The number of hydrogen-bond donors (Lipinski definition) is 0. The van der Waals surface area contributed by atoms with Gasteiger partial charge >= 0.3 is 0 Å². The Labute approximate surface area is 202 Å². The number of aryl methyl sites for hydroxylation is 1. The van der Waals surface area contributed by atoms with Crippen LogP contribution >= 0.6 is 0 Å².